The number of para-hydroxylation sites is 1. The molecule has 0 unspecified atom stereocenters. The van der Waals surface area contributed by atoms with Gasteiger partial charge in [0.2, 0.25) is 0 Å². The molecule has 0 bridgehead atoms. The fourth-order valence-corrected chi connectivity index (χ4v) is 3.97. The summed E-state index contributed by atoms with van der Waals surface area (Å²) in [6.07, 6.45) is 1.44. The number of anilines is 1. The van der Waals surface area contributed by atoms with Gasteiger partial charge in [-0.1, -0.05) is 12.1 Å². The maximum atomic E-state index is 12.9. The van der Waals surface area contributed by atoms with Crippen LogP contribution in [-0.4, -0.2) is 28.7 Å². The summed E-state index contributed by atoms with van der Waals surface area (Å²) < 4.78 is 6.18. The lowest BCUT2D eigenvalue weighted by atomic mass is 10.1. The number of rotatable bonds is 5. The molecule has 6 nitrogen and oxygen atoms in total. The van der Waals surface area contributed by atoms with Gasteiger partial charge in [0, 0.05) is 18.3 Å². The molecule has 146 valence electrons. The first kappa shape index (κ1) is 18.9. The van der Waals surface area contributed by atoms with Crippen molar-refractivity contribution in [3.8, 4) is 0 Å². The third kappa shape index (κ3) is 3.90. The second kappa shape index (κ2) is 7.89. The van der Waals surface area contributed by atoms with E-state index in [-0.39, 0.29) is 23.6 Å². The molecule has 2 heterocycles. The molecular formula is C22H19N3O3S. The highest BCUT2D eigenvalue weighted by Gasteiger charge is 2.22. The minimum atomic E-state index is -0.337. The summed E-state index contributed by atoms with van der Waals surface area (Å²) in [7, 11) is 1.77. The highest BCUT2D eigenvalue weighted by molar-refractivity contribution is 7.18. The number of nitrogens with one attached hydrogen (secondary N) is 1. The van der Waals surface area contributed by atoms with Gasteiger partial charge in [-0.05, 0) is 55.5 Å². The summed E-state index contributed by atoms with van der Waals surface area (Å²) in [5.41, 5.74) is 2.07. The molecule has 2 aromatic carbocycles. The van der Waals surface area contributed by atoms with Gasteiger partial charge in [0.05, 0.1) is 22.5 Å². The summed E-state index contributed by atoms with van der Waals surface area (Å²) in [4.78, 5) is 31.3. The molecule has 0 aliphatic rings. The Labute approximate surface area is 171 Å². The monoisotopic (exact) mass is 405 g/mol. The smallest absolute Gasteiger partial charge is 0.291 e. The Balaban J connectivity index is 1.46. The van der Waals surface area contributed by atoms with Crippen LogP contribution in [-0.2, 0) is 0 Å². The summed E-state index contributed by atoms with van der Waals surface area (Å²) in [5.74, 6) is -0.217. The zero-order chi connectivity index (χ0) is 20.4. The van der Waals surface area contributed by atoms with Crippen molar-refractivity contribution in [2.75, 3.05) is 12.4 Å². The van der Waals surface area contributed by atoms with E-state index in [0.29, 0.717) is 11.3 Å². The van der Waals surface area contributed by atoms with Crippen molar-refractivity contribution in [1.82, 2.24) is 9.88 Å². The summed E-state index contributed by atoms with van der Waals surface area (Å²) in [6.45, 7) is 1.97. The fraction of sp³-hybridized carbons (Fsp3) is 0.136. The molecule has 0 saturated heterocycles. The number of fused-ring (bicyclic) bond motifs is 1. The lowest BCUT2D eigenvalue weighted by Crippen LogP contribution is -2.29. The first-order chi connectivity index (χ1) is 14.0. The molecule has 0 aliphatic carbocycles. The van der Waals surface area contributed by atoms with Gasteiger partial charge >= 0.3 is 0 Å². The summed E-state index contributed by atoms with van der Waals surface area (Å²) in [5, 5.41) is 3.63. The first-order valence-corrected chi connectivity index (χ1v) is 9.92. The predicted octanol–water partition coefficient (Wildman–Crippen LogP) is 4.97. The normalized spacial score (nSPS) is 11.9. The van der Waals surface area contributed by atoms with Crippen LogP contribution in [0.25, 0.3) is 10.2 Å². The third-order valence-electron chi connectivity index (χ3n) is 4.70. The van der Waals surface area contributed by atoms with Crippen molar-refractivity contribution >= 4 is 39.1 Å². The van der Waals surface area contributed by atoms with Crippen LogP contribution in [0.15, 0.2) is 71.3 Å². The zero-order valence-corrected chi connectivity index (χ0v) is 16.8. The molecule has 2 aromatic heterocycles. The van der Waals surface area contributed by atoms with Crippen molar-refractivity contribution in [2.24, 2.45) is 0 Å². The Hall–Kier alpha value is -3.45. The van der Waals surface area contributed by atoms with Crippen molar-refractivity contribution in [3.63, 3.8) is 0 Å². The van der Waals surface area contributed by atoms with Crippen molar-refractivity contribution in [1.29, 1.82) is 0 Å². The number of furan rings is 1. The molecule has 4 rings (SSSR count). The lowest BCUT2D eigenvalue weighted by Gasteiger charge is -2.23. The van der Waals surface area contributed by atoms with Crippen molar-refractivity contribution in [2.45, 2.75) is 13.0 Å². The average Bonchev–Trinajstić information content (AvgIpc) is 3.42. The second-order valence-electron chi connectivity index (χ2n) is 6.62. The number of hydrogen-bond donors (Lipinski definition) is 1. The van der Waals surface area contributed by atoms with E-state index in [2.05, 4.69) is 10.3 Å². The van der Waals surface area contributed by atoms with E-state index in [0.717, 1.165) is 15.2 Å². The van der Waals surface area contributed by atoms with Gasteiger partial charge < -0.3 is 14.6 Å². The Morgan fingerprint density at radius 2 is 1.83 bits per heavy atom. The van der Waals surface area contributed by atoms with Gasteiger partial charge in [0.25, 0.3) is 11.8 Å². The molecule has 4 aromatic rings. The number of carbonyl (C=O) groups is 2. The zero-order valence-electron chi connectivity index (χ0n) is 16.0. The van der Waals surface area contributed by atoms with Crippen LogP contribution in [0.1, 0.15) is 38.9 Å². The standard InChI is InChI=1S/C22H19N3O3S/c1-14(21-24-17-6-3-4-8-19(17)29-21)25(2)22(27)15-9-11-16(12-10-15)23-20(26)18-7-5-13-28-18/h3-14H,1-2H3,(H,23,26)/t14-/m1/s1. The highest BCUT2D eigenvalue weighted by atomic mass is 32.1. The lowest BCUT2D eigenvalue weighted by molar-refractivity contribution is 0.0742. The number of nitrogens with zero attached hydrogens (tertiary/aromatic N) is 2. The fourth-order valence-electron chi connectivity index (χ4n) is 2.91. The van der Waals surface area contributed by atoms with Gasteiger partial charge in [-0.15, -0.1) is 11.3 Å². The minimum absolute atomic E-state index is 0.110. The van der Waals surface area contributed by atoms with E-state index >= 15 is 0 Å². The van der Waals surface area contributed by atoms with Crippen LogP contribution >= 0.6 is 11.3 Å². The molecule has 29 heavy (non-hydrogen) atoms. The highest BCUT2D eigenvalue weighted by Crippen LogP contribution is 2.29. The molecule has 1 N–H and O–H groups in total. The number of benzene rings is 2. The quantitative estimate of drug-likeness (QED) is 0.508. The van der Waals surface area contributed by atoms with Crippen LogP contribution in [0.5, 0.6) is 0 Å². The Bertz CT molecular complexity index is 1120. The molecule has 0 radical (unpaired) electrons. The number of aromatic nitrogens is 1. The van der Waals surface area contributed by atoms with Crippen LogP contribution in [0.4, 0.5) is 5.69 Å². The average molecular weight is 405 g/mol. The summed E-state index contributed by atoms with van der Waals surface area (Å²) in [6, 6.07) is 17.8. The molecule has 0 spiro atoms. The Kier molecular flexibility index (Phi) is 5.14. The van der Waals surface area contributed by atoms with Crippen molar-refractivity contribution < 1.29 is 14.0 Å². The minimum Gasteiger partial charge on any atom is -0.459 e. The molecule has 0 fully saturated rings. The van der Waals surface area contributed by atoms with Crippen LogP contribution in [0.2, 0.25) is 0 Å². The van der Waals surface area contributed by atoms with E-state index in [9.17, 15) is 9.59 Å². The van der Waals surface area contributed by atoms with Crippen molar-refractivity contribution in [3.05, 3.63) is 83.3 Å². The van der Waals surface area contributed by atoms with Crippen LogP contribution in [0.3, 0.4) is 0 Å². The molecule has 2 amide bonds. The van der Waals surface area contributed by atoms with E-state index in [1.54, 1.807) is 59.7 Å². The topological polar surface area (TPSA) is 75.4 Å². The first-order valence-electron chi connectivity index (χ1n) is 9.10. The number of hydrogen-bond acceptors (Lipinski definition) is 5. The number of thiazole rings is 1. The molecular weight excluding hydrogens is 386 g/mol. The maximum absolute atomic E-state index is 12.9. The summed E-state index contributed by atoms with van der Waals surface area (Å²) >= 11 is 1.59. The predicted molar refractivity (Wildman–Crippen MR) is 113 cm³/mol. The Morgan fingerprint density at radius 1 is 1.07 bits per heavy atom. The largest absolute Gasteiger partial charge is 0.459 e. The molecule has 0 saturated carbocycles. The van der Waals surface area contributed by atoms with Crippen LogP contribution in [0, 0.1) is 0 Å². The van der Waals surface area contributed by atoms with E-state index < -0.39 is 0 Å². The number of carbonyl (C=O) groups excluding carboxylic acids is 2. The van der Waals surface area contributed by atoms with E-state index in [1.165, 1.54) is 6.26 Å². The molecule has 0 aliphatic heterocycles. The van der Waals surface area contributed by atoms with Gasteiger partial charge in [-0.25, -0.2) is 4.98 Å². The molecule has 1 atom stereocenters. The molecule has 7 heteroatoms. The maximum Gasteiger partial charge on any atom is 0.291 e. The van der Waals surface area contributed by atoms with Crippen LogP contribution < -0.4 is 5.32 Å². The third-order valence-corrected chi connectivity index (χ3v) is 5.91. The van der Waals surface area contributed by atoms with Gasteiger partial charge in [-0.3, -0.25) is 9.59 Å². The van der Waals surface area contributed by atoms with Gasteiger partial charge in [-0.2, -0.15) is 0 Å². The SMILES string of the molecule is C[C@H](c1nc2ccccc2s1)N(C)C(=O)c1ccc(NC(=O)c2ccco2)cc1. The van der Waals surface area contributed by atoms with Gasteiger partial charge in [0.15, 0.2) is 5.76 Å². The van der Waals surface area contributed by atoms with E-state index in [1.807, 2.05) is 31.2 Å². The second-order valence-corrected chi connectivity index (χ2v) is 7.68. The van der Waals surface area contributed by atoms with E-state index in [4.69, 9.17) is 4.42 Å². The number of amides is 2. The Morgan fingerprint density at radius 3 is 2.52 bits per heavy atom. The van der Waals surface area contributed by atoms with Gasteiger partial charge in [0.1, 0.15) is 5.01 Å².